The van der Waals surface area contributed by atoms with Crippen molar-refractivity contribution in [3.8, 4) is 5.75 Å². The second-order valence-corrected chi connectivity index (χ2v) is 6.16. The van der Waals surface area contributed by atoms with Crippen molar-refractivity contribution >= 4 is 11.6 Å². The number of carbonyl (C=O) groups is 1. The van der Waals surface area contributed by atoms with Gasteiger partial charge in [-0.3, -0.25) is 4.79 Å². The lowest BCUT2D eigenvalue weighted by Gasteiger charge is -2.49. The summed E-state index contributed by atoms with van der Waals surface area (Å²) in [5, 5.41) is 3.06. The van der Waals surface area contributed by atoms with E-state index in [1.54, 1.807) is 7.11 Å². The Balaban J connectivity index is 2.48. The molecule has 1 aliphatic heterocycles. The van der Waals surface area contributed by atoms with E-state index in [-0.39, 0.29) is 11.4 Å². The summed E-state index contributed by atoms with van der Waals surface area (Å²) in [6, 6.07) is 7.82. The first-order valence-electron chi connectivity index (χ1n) is 6.51. The number of hydrogen-bond acceptors (Lipinski definition) is 3. The standard InChI is InChI=1S/C15H22N2O2/c1-14(2)10-17(15(3,4)13(18)16-14)11-8-6-7-9-12(11)19-5/h6-9H,10H2,1-5H3,(H,16,18). The average Bonchev–Trinajstić information content (AvgIpc) is 2.34. The van der Waals surface area contributed by atoms with Crippen molar-refractivity contribution in [1.29, 1.82) is 0 Å². The summed E-state index contributed by atoms with van der Waals surface area (Å²) < 4.78 is 5.42. The molecule has 1 heterocycles. The van der Waals surface area contributed by atoms with Gasteiger partial charge in [0.25, 0.3) is 0 Å². The molecule has 1 amide bonds. The van der Waals surface area contributed by atoms with Crippen LogP contribution in [0, 0.1) is 0 Å². The van der Waals surface area contributed by atoms with Crippen LogP contribution in [0.15, 0.2) is 24.3 Å². The van der Waals surface area contributed by atoms with Gasteiger partial charge in [-0.15, -0.1) is 0 Å². The molecule has 1 aromatic carbocycles. The fraction of sp³-hybridized carbons (Fsp3) is 0.533. The van der Waals surface area contributed by atoms with Crippen LogP contribution in [0.25, 0.3) is 0 Å². The molecule has 2 rings (SSSR count). The number of nitrogens with one attached hydrogen (secondary N) is 1. The molecule has 1 saturated heterocycles. The Morgan fingerprint density at radius 2 is 1.84 bits per heavy atom. The number of methoxy groups -OCH3 is 1. The van der Waals surface area contributed by atoms with Gasteiger partial charge in [-0.1, -0.05) is 12.1 Å². The third-order valence-corrected chi connectivity index (χ3v) is 3.61. The van der Waals surface area contributed by atoms with Crippen LogP contribution >= 0.6 is 0 Å². The van der Waals surface area contributed by atoms with Crippen LogP contribution in [0.4, 0.5) is 5.69 Å². The van der Waals surface area contributed by atoms with E-state index in [9.17, 15) is 4.79 Å². The number of nitrogens with zero attached hydrogens (tertiary/aromatic N) is 1. The van der Waals surface area contributed by atoms with Gasteiger partial charge in [0.2, 0.25) is 5.91 Å². The maximum Gasteiger partial charge on any atom is 0.245 e. The zero-order chi connectivity index (χ0) is 14.3. The fourth-order valence-corrected chi connectivity index (χ4v) is 2.45. The molecule has 1 fully saturated rings. The molecular weight excluding hydrogens is 240 g/mol. The normalized spacial score (nSPS) is 20.9. The number of carbonyl (C=O) groups excluding carboxylic acids is 1. The van der Waals surface area contributed by atoms with Crippen molar-refractivity contribution in [2.24, 2.45) is 0 Å². The van der Waals surface area contributed by atoms with E-state index in [0.29, 0.717) is 0 Å². The van der Waals surface area contributed by atoms with E-state index in [0.717, 1.165) is 18.0 Å². The lowest BCUT2D eigenvalue weighted by Crippen LogP contribution is -2.69. The molecular formula is C15H22N2O2. The minimum absolute atomic E-state index is 0.0367. The third-order valence-electron chi connectivity index (χ3n) is 3.61. The summed E-state index contributed by atoms with van der Waals surface area (Å²) in [7, 11) is 1.65. The maximum atomic E-state index is 12.3. The lowest BCUT2D eigenvalue weighted by atomic mass is 9.90. The molecule has 0 saturated carbocycles. The number of amides is 1. The molecule has 0 aromatic heterocycles. The minimum atomic E-state index is -0.593. The van der Waals surface area contributed by atoms with Gasteiger partial charge in [0.05, 0.1) is 18.3 Å². The van der Waals surface area contributed by atoms with Crippen LogP contribution in [0.2, 0.25) is 0 Å². The van der Waals surface area contributed by atoms with Gasteiger partial charge in [-0.2, -0.15) is 0 Å². The van der Waals surface area contributed by atoms with Crippen molar-refractivity contribution < 1.29 is 9.53 Å². The molecule has 4 nitrogen and oxygen atoms in total. The lowest BCUT2D eigenvalue weighted by molar-refractivity contribution is -0.128. The number of para-hydroxylation sites is 2. The average molecular weight is 262 g/mol. The van der Waals surface area contributed by atoms with Crippen molar-refractivity contribution in [2.45, 2.75) is 38.8 Å². The Kier molecular flexibility index (Phi) is 3.20. The van der Waals surface area contributed by atoms with E-state index >= 15 is 0 Å². The Labute approximate surface area is 114 Å². The van der Waals surface area contributed by atoms with Crippen molar-refractivity contribution in [2.75, 3.05) is 18.6 Å². The smallest absolute Gasteiger partial charge is 0.245 e. The van der Waals surface area contributed by atoms with Gasteiger partial charge in [0.1, 0.15) is 11.3 Å². The van der Waals surface area contributed by atoms with E-state index in [1.807, 2.05) is 52.0 Å². The largest absolute Gasteiger partial charge is 0.495 e. The number of ether oxygens (including phenoxy) is 1. The number of hydrogen-bond donors (Lipinski definition) is 1. The van der Waals surface area contributed by atoms with Crippen molar-refractivity contribution in [3.63, 3.8) is 0 Å². The second kappa shape index (κ2) is 4.44. The van der Waals surface area contributed by atoms with Gasteiger partial charge >= 0.3 is 0 Å². The van der Waals surface area contributed by atoms with Crippen LogP contribution in [0.5, 0.6) is 5.75 Å². The van der Waals surface area contributed by atoms with Crippen LogP contribution in [-0.4, -0.2) is 30.6 Å². The summed E-state index contributed by atoms with van der Waals surface area (Å²) in [5.41, 5.74) is 0.107. The maximum absolute atomic E-state index is 12.3. The SMILES string of the molecule is COc1ccccc1N1CC(C)(C)NC(=O)C1(C)C. The van der Waals surface area contributed by atoms with Gasteiger partial charge in [0.15, 0.2) is 0 Å². The molecule has 0 bridgehead atoms. The van der Waals surface area contributed by atoms with E-state index in [1.165, 1.54) is 0 Å². The molecule has 4 heteroatoms. The van der Waals surface area contributed by atoms with Gasteiger partial charge in [-0.05, 0) is 39.8 Å². The Hall–Kier alpha value is -1.71. The quantitative estimate of drug-likeness (QED) is 0.888. The Bertz CT molecular complexity index is 495. The predicted octanol–water partition coefficient (Wildman–Crippen LogP) is 2.19. The molecule has 1 aliphatic rings. The number of benzene rings is 1. The highest BCUT2D eigenvalue weighted by atomic mass is 16.5. The molecule has 0 radical (unpaired) electrons. The van der Waals surface area contributed by atoms with Crippen LogP contribution in [0.1, 0.15) is 27.7 Å². The number of piperazine rings is 1. The summed E-state index contributed by atoms with van der Waals surface area (Å²) in [5.74, 6) is 0.829. The first-order valence-corrected chi connectivity index (χ1v) is 6.51. The topological polar surface area (TPSA) is 41.6 Å². The summed E-state index contributed by atoms with van der Waals surface area (Å²) >= 11 is 0. The molecule has 19 heavy (non-hydrogen) atoms. The highest BCUT2D eigenvalue weighted by Gasteiger charge is 2.45. The van der Waals surface area contributed by atoms with Crippen molar-refractivity contribution in [3.05, 3.63) is 24.3 Å². The molecule has 0 unspecified atom stereocenters. The zero-order valence-electron chi connectivity index (χ0n) is 12.3. The van der Waals surface area contributed by atoms with Crippen molar-refractivity contribution in [1.82, 2.24) is 5.32 Å². The number of anilines is 1. The van der Waals surface area contributed by atoms with Gasteiger partial charge in [0, 0.05) is 6.54 Å². The van der Waals surface area contributed by atoms with E-state index in [4.69, 9.17) is 4.74 Å². The van der Waals surface area contributed by atoms with E-state index in [2.05, 4.69) is 10.2 Å². The molecule has 0 atom stereocenters. The molecule has 1 aromatic rings. The summed E-state index contributed by atoms with van der Waals surface area (Å²) in [4.78, 5) is 14.4. The zero-order valence-corrected chi connectivity index (χ0v) is 12.3. The Morgan fingerprint density at radius 1 is 1.21 bits per heavy atom. The molecule has 104 valence electrons. The molecule has 0 aliphatic carbocycles. The molecule has 1 N–H and O–H groups in total. The predicted molar refractivity (Wildman–Crippen MR) is 76.6 cm³/mol. The minimum Gasteiger partial charge on any atom is -0.495 e. The van der Waals surface area contributed by atoms with Crippen LogP contribution in [-0.2, 0) is 4.79 Å². The number of rotatable bonds is 2. The first-order chi connectivity index (χ1) is 8.78. The van der Waals surface area contributed by atoms with Gasteiger partial charge in [-0.25, -0.2) is 0 Å². The van der Waals surface area contributed by atoms with Gasteiger partial charge < -0.3 is 15.0 Å². The van der Waals surface area contributed by atoms with Crippen LogP contribution in [0.3, 0.4) is 0 Å². The fourth-order valence-electron chi connectivity index (χ4n) is 2.45. The second-order valence-electron chi connectivity index (χ2n) is 6.16. The van der Waals surface area contributed by atoms with Crippen LogP contribution < -0.4 is 15.0 Å². The summed E-state index contributed by atoms with van der Waals surface area (Å²) in [6.45, 7) is 8.67. The monoisotopic (exact) mass is 262 g/mol. The first kappa shape index (κ1) is 13.7. The van der Waals surface area contributed by atoms with E-state index < -0.39 is 5.54 Å². The third kappa shape index (κ3) is 2.39. The highest BCUT2D eigenvalue weighted by Crippen LogP contribution is 2.36. The highest BCUT2D eigenvalue weighted by molar-refractivity contribution is 5.91. The molecule has 0 spiro atoms. The summed E-state index contributed by atoms with van der Waals surface area (Å²) in [6.07, 6.45) is 0. The Morgan fingerprint density at radius 3 is 2.47 bits per heavy atom.